The van der Waals surface area contributed by atoms with Gasteiger partial charge in [0.2, 0.25) is 5.91 Å². The normalized spacial score (nSPS) is 24.3. The van der Waals surface area contributed by atoms with Crippen molar-refractivity contribution in [3.8, 4) is 11.1 Å². The number of alkyl carbamates (subject to hydrolysis) is 1. The maximum absolute atomic E-state index is 13.1. The summed E-state index contributed by atoms with van der Waals surface area (Å²) in [5.41, 5.74) is 4.22. The number of rotatable bonds is 6. The van der Waals surface area contributed by atoms with Crippen molar-refractivity contribution in [2.75, 3.05) is 19.7 Å². The molecule has 1 saturated carbocycles. The number of aliphatic carboxylic acids is 1. The van der Waals surface area contributed by atoms with Gasteiger partial charge in [-0.3, -0.25) is 4.79 Å². The SMILES string of the molecule is CC1(C)CCCN(C(=O)C2CC2CNC(=O)OCC2c3ccccc3-c3ccccc32)C1C(=O)O. The van der Waals surface area contributed by atoms with Gasteiger partial charge in [-0.25, -0.2) is 9.59 Å². The minimum atomic E-state index is -0.947. The number of hydrogen-bond donors (Lipinski definition) is 2. The Kier molecular flexibility index (Phi) is 6.03. The lowest BCUT2D eigenvalue weighted by molar-refractivity contribution is -0.159. The van der Waals surface area contributed by atoms with Gasteiger partial charge in [-0.15, -0.1) is 0 Å². The molecular weight excluding hydrogens is 444 g/mol. The molecule has 3 unspecified atom stereocenters. The van der Waals surface area contributed by atoms with Crippen LogP contribution in [-0.4, -0.2) is 53.7 Å². The zero-order valence-electron chi connectivity index (χ0n) is 20.2. The molecule has 184 valence electrons. The van der Waals surface area contributed by atoms with Crippen LogP contribution in [0.2, 0.25) is 0 Å². The molecule has 2 aromatic rings. The highest BCUT2D eigenvalue weighted by Gasteiger charge is 2.51. The fourth-order valence-electron chi connectivity index (χ4n) is 5.95. The van der Waals surface area contributed by atoms with Gasteiger partial charge in [0.1, 0.15) is 12.6 Å². The van der Waals surface area contributed by atoms with Crippen molar-refractivity contribution in [2.24, 2.45) is 17.3 Å². The van der Waals surface area contributed by atoms with Crippen LogP contribution in [0, 0.1) is 17.3 Å². The van der Waals surface area contributed by atoms with Crippen LogP contribution in [0.4, 0.5) is 4.79 Å². The smallest absolute Gasteiger partial charge is 0.407 e. The van der Waals surface area contributed by atoms with Crippen molar-refractivity contribution >= 4 is 18.0 Å². The third-order valence-corrected chi connectivity index (χ3v) is 7.88. The first kappa shape index (κ1) is 23.4. The molecule has 0 spiro atoms. The molecule has 35 heavy (non-hydrogen) atoms. The molecule has 2 aliphatic carbocycles. The summed E-state index contributed by atoms with van der Waals surface area (Å²) in [6.07, 6.45) is 1.75. The molecule has 2 aromatic carbocycles. The molecule has 2 amide bonds. The average molecular weight is 477 g/mol. The summed E-state index contributed by atoms with van der Waals surface area (Å²) in [7, 11) is 0. The second-order valence-corrected chi connectivity index (χ2v) is 10.7. The molecule has 7 heteroatoms. The van der Waals surface area contributed by atoms with E-state index in [1.807, 2.05) is 38.1 Å². The number of ether oxygens (including phenoxy) is 1. The first-order valence-corrected chi connectivity index (χ1v) is 12.4. The van der Waals surface area contributed by atoms with Crippen LogP contribution in [0.25, 0.3) is 11.1 Å². The van der Waals surface area contributed by atoms with E-state index in [0.717, 1.165) is 24.0 Å². The van der Waals surface area contributed by atoms with E-state index in [-0.39, 0.29) is 30.3 Å². The van der Waals surface area contributed by atoms with Gasteiger partial charge in [-0.1, -0.05) is 62.4 Å². The number of likely N-dealkylation sites (tertiary alicyclic amines) is 1. The quantitative estimate of drug-likeness (QED) is 0.649. The van der Waals surface area contributed by atoms with E-state index < -0.39 is 23.5 Å². The predicted molar refractivity (Wildman–Crippen MR) is 131 cm³/mol. The summed E-state index contributed by atoms with van der Waals surface area (Å²) >= 11 is 0. The molecule has 7 nitrogen and oxygen atoms in total. The Morgan fingerprint density at radius 1 is 1.06 bits per heavy atom. The topological polar surface area (TPSA) is 95.9 Å². The Morgan fingerprint density at radius 2 is 1.69 bits per heavy atom. The lowest BCUT2D eigenvalue weighted by Crippen LogP contribution is -2.56. The maximum atomic E-state index is 13.1. The molecule has 1 heterocycles. The van der Waals surface area contributed by atoms with Crippen LogP contribution in [0.15, 0.2) is 48.5 Å². The van der Waals surface area contributed by atoms with Crippen LogP contribution in [-0.2, 0) is 14.3 Å². The standard InChI is InChI=1S/C28H32N2O5/c1-28(2)12-7-13-30(24(28)26(32)33)25(31)22-14-17(22)15-29-27(34)35-16-23-20-10-5-3-8-18(20)19-9-4-6-11-21(19)23/h3-6,8-11,17,22-24H,7,12-16H2,1-2H3,(H,29,34)(H,32,33). The summed E-state index contributed by atoms with van der Waals surface area (Å²) in [6, 6.07) is 15.6. The van der Waals surface area contributed by atoms with E-state index in [4.69, 9.17) is 4.74 Å². The van der Waals surface area contributed by atoms with Crippen molar-refractivity contribution in [3.63, 3.8) is 0 Å². The van der Waals surface area contributed by atoms with E-state index in [1.165, 1.54) is 11.1 Å². The molecule has 1 saturated heterocycles. The van der Waals surface area contributed by atoms with Crippen molar-refractivity contribution in [1.82, 2.24) is 10.2 Å². The van der Waals surface area contributed by atoms with E-state index in [9.17, 15) is 19.5 Å². The van der Waals surface area contributed by atoms with Crippen molar-refractivity contribution in [2.45, 2.75) is 45.1 Å². The summed E-state index contributed by atoms with van der Waals surface area (Å²) in [4.78, 5) is 39.0. The third-order valence-electron chi connectivity index (χ3n) is 7.88. The van der Waals surface area contributed by atoms with Crippen LogP contribution in [0.1, 0.15) is 50.2 Å². The Bertz CT molecular complexity index is 1110. The van der Waals surface area contributed by atoms with Gasteiger partial charge in [0.15, 0.2) is 0 Å². The molecular formula is C28H32N2O5. The third kappa shape index (κ3) is 4.40. The van der Waals surface area contributed by atoms with Crippen LogP contribution >= 0.6 is 0 Å². The molecule has 2 N–H and O–H groups in total. The number of carboxylic acids is 1. The van der Waals surface area contributed by atoms with Gasteiger partial charge in [-0.05, 0) is 52.8 Å². The molecule has 5 rings (SSSR count). The minimum absolute atomic E-state index is 0.00110. The number of fused-ring (bicyclic) bond motifs is 3. The lowest BCUT2D eigenvalue weighted by atomic mass is 9.76. The van der Waals surface area contributed by atoms with E-state index in [1.54, 1.807) is 4.90 Å². The molecule has 1 aliphatic heterocycles. The number of carbonyl (C=O) groups is 3. The molecule has 2 fully saturated rings. The van der Waals surface area contributed by atoms with E-state index in [2.05, 4.69) is 29.6 Å². The highest BCUT2D eigenvalue weighted by atomic mass is 16.5. The molecule has 0 radical (unpaired) electrons. The summed E-state index contributed by atoms with van der Waals surface area (Å²) < 4.78 is 5.58. The maximum Gasteiger partial charge on any atom is 0.407 e. The number of hydrogen-bond acceptors (Lipinski definition) is 4. The Hall–Kier alpha value is -3.35. The monoisotopic (exact) mass is 476 g/mol. The molecule has 3 atom stereocenters. The molecule has 3 aliphatic rings. The number of piperidine rings is 1. The zero-order chi connectivity index (χ0) is 24.7. The number of amides is 2. The average Bonchev–Trinajstić information content (AvgIpc) is 3.54. The zero-order valence-corrected chi connectivity index (χ0v) is 20.2. The first-order chi connectivity index (χ1) is 16.8. The van der Waals surface area contributed by atoms with Gasteiger partial charge in [0, 0.05) is 24.9 Å². The summed E-state index contributed by atoms with van der Waals surface area (Å²) in [5.74, 6) is -1.28. The first-order valence-electron chi connectivity index (χ1n) is 12.4. The summed E-state index contributed by atoms with van der Waals surface area (Å²) in [6.45, 7) is 4.89. The molecule has 0 bridgehead atoms. The predicted octanol–water partition coefficient (Wildman–Crippen LogP) is 4.26. The lowest BCUT2D eigenvalue weighted by Gasteiger charge is -2.44. The van der Waals surface area contributed by atoms with Crippen LogP contribution in [0.3, 0.4) is 0 Å². The number of nitrogens with one attached hydrogen (secondary N) is 1. The van der Waals surface area contributed by atoms with Gasteiger partial charge < -0.3 is 20.1 Å². The van der Waals surface area contributed by atoms with Gasteiger partial charge in [0.25, 0.3) is 0 Å². The fourth-order valence-corrected chi connectivity index (χ4v) is 5.95. The van der Waals surface area contributed by atoms with E-state index >= 15 is 0 Å². The number of benzene rings is 2. The van der Waals surface area contributed by atoms with Gasteiger partial charge in [0.05, 0.1) is 0 Å². The second-order valence-electron chi connectivity index (χ2n) is 10.7. The van der Waals surface area contributed by atoms with E-state index in [0.29, 0.717) is 19.5 Å². The highest BCUT2D eigenvalue weighted by Crippen LogP contribution is 2.45. The largest absolute Gasteiger partial charge is 0.480 e. The van der Waals surface area contributed by atoms with Crippen molar-refractivity contribution < 1.29 is 24.2 Å². The molecule has 0 aromatic heterocycles. The van der Waals surface area contributed by atoms with Gasteiger partial charge in [-0.2, -0.15) is 0 Å². The summed E-state index contributed by atoms with van der Waals surface area (Å²) in [5, 5.41) is 12.5. The Labute approximate surface area is 205 Å². The Balaban J connectivity index is 1.14. The Morgan fingerprint density at radius 3 is 2.31 bits per heavy atom. The van der Waals surface area contributed by atoms with Crippen LogP contribution in [0.5, 0.6) is 0 Å². The number of nitrogens with zero attached hydrogens (tertiary/aromatic N) is 1. The van der Waals surface area contributed by atoms with Gasteiger partial charge >= 0.3 is 12.1 Å². The van der Waals surface area contributed by atoms with Crippen molar-refractivity contribution in [3.05, 3.63) is 59.7 Å². The fraction of sp³-hybridized carbons (Fsp3) is 0.464. The minimum Gasteiger partial charge on any atom is -0.480 e. The highest BCUT2D eigenvalue weighted by molar-refractivity contribution is 5.87. The number of carboxylic acid groups (broad SMARTS) is 1. The van der Waals surface area contributed by atoms with Crippen molar-refractivity contribution in [1.29, 1.82) is 0 Å². The van der Waals surface area contributed by atoms with Crippen LogP contribution < -0.4 is 5.32 Å². The second kappa shape index (κ2) is 9.02. The number of carbonyl (C=O) groups excluding carboxylic acids is 2.